The van der Waals surface area contributed by atoms with E-state index in [9.17, 15) is 18.0 Å². The molecule has 0 N–H and O–H groups in total. The number of alkyl halides is 3. The Bertz CT molecular complexity index is 1050. The van der Waals surface area contributed by atoms with Gasteiger partial charge in [-0.2, -0.15) is 13.2 Å². The zero-order valence-corrected chi connectivity index (χ0v) is 13.0. The van der Waals surface area contributed by atoms with Gasteiger partial charge in [0.05, 0.1) is 16.5 Å². The summed E-state index contributed by atoms with van der Waals surface area (Å²) in [6.07, 6.45) is -1.92. The minimum Gasteiger partial charge on any atom is -0.292 e. The van der Waals surface area contributed by atoms with Crippen molar-refractivity contribution in [3.05, 3.63) is 75.8 Å². The van der Waals surface area contributed by atoms with E-state index in [1.165, 1.54) is 10.6 Å². The van der Waals surface area contributed by atoms with Gasteiger partial charge < -0.3 is 0 Å². The molecule has 3 aromatic rings. The maximum Gasteiger partial charge on any atom is 0.416 e. The molecule has 2 aromatic carbocycles. The van der Waals surface area contributed by atoms with E-state index in [2.05, 4.69) is 4.98 Å². The predicted octanol–water partition coefficient (Wildman–Crippen LogP) is 4.36. The molecule has 0 amide bonds. The third-order valence-electron chi connectivity index (χ3n) is 4.32. The lowest BCUT2D eigenvalue weighted by Crippen LogP contribution is -2.21. The summed E-state index contributed by atoms with van der Waals surface area (Å²) in [5, 5.41) is 0.206. The van der Waals surface area contributed by atoms with Crippen molar-refractivity contribution in [2.45, 2.75) is 19.1 Å². The van der Waals surface area contributed by atoms with Crippen LogP contribution < -0.4 is 5.56 Å². The van der Waals surface area contributed by atoms with Gasteiger partial charge in [-0.05, 0) is 41.8 Å². The van der Waals surface area contributed by atoms with E-state index in [-0.39, 0.29) is 16.5 Å². The van der Waals surface area contributed by atoms with Gasteiger partial charge in [-0.1, -0.05) is 30.3 Å². The van der Waals surface area contributed by atoms with Crippen LogP contribution in [-0.4, -0.2) is 9.55 Å². The molecule has 0 atom stereocenters. The van der Waals surface area contributed by atoms with Crippen molar-refractivity contribution in [2.75, 3.05) is 0 Å². The fourth-order valence-electron chi connectivity index (χ4n) is 3.08. The summed E-state index contributed by atoms with van der Waals surface area (Å²) in [7, 11) is 0. The van der Waals surface area contributed by atoms with Crippen LogP contribution >= 0.6 is 0 Å². The van der Waals surface area contributed by atoms with Crippen LogP contribution in [0.25, 0.3) is 22.6 Å². The first-order valence-corrected chi connectivity index (χ1v) is 7.81. The molecule has 25 heavy (non-hydrogen) atoms. The average Bonchev–Trinajstić information content (AvgIpc) is 2.98. The smallest absolute Gasteiger partial charge is 0.292 e. The number of halogens is 3. The Labute approximate surface area is 141 Å². The molecule has 2 heterocycles. The quantitative estimate of drug-likeness (QED) is 0.659. The second kappa shape index (κ2) is 5.58. The van der Waals surface area contributed by atoms with Crippen molar-refractivity contribution in [1.29, 1.82) is 0 Å². The molecule has 0 aliphatic carbocycles. The molecule has 0 saturated heterocycles. The SMILES string of the molecule is O=c1c2ccc(C(F)(F)F)cc2nc2n1CCC2=Cc1ccccc1. The van der Waals surface area contributed by atoms with Crippen LogP contribution in [0.1, 0.15) is 23.4 Å². The third kappa shape index (κ3) is 2.73. The Morgan fingerprint density at radius 3 is 2.56 bits per heavy atom. The van der Waals surface area contributed by atoms with Crippen LogP contribution in [0.15, 0.2) is 53.3 Å². The van der Waals surface area contributed by atoms with Gasteiger partial charge in [0, 0.05) is 6.54 Å². The third-order valence-corrected chi connectivity index (χ3v) is 4.32. The molecule has 3 nitrogen and oxygen atoms in total. The fraction of sp³-hybridized carbons (Fsp3) is 0.158. The van der Waals surface area contributed by atoms with Gasteiger partial charge in [0.1, 0.15) is 5.82 Å². The lowest BCUT2D eigenvalue weighted by atomic mass is 10.1. The lowest BCUT2D eigenvalue weighted by Gasteiger charge is -2.09. The standard InChI is InChI=1S/C19H13F3N2O/c20-19(21,22)14-6-7-15-16(11-14)23-17-13(8-9-24(17)18(15)25)10-12-4-2-1-3-5-12/h1-7,10-11H,8-9H2. The summed E-state index contributed by atoms with van der Waals surface area (Å²) in [6.45, 7) is 0.483. The molecule has 4 rings (SSSR count). The first kappa shape index (κ1) is 15.6. The molecule has 126 valence electrons. The number of benzene rings is 2. The second-order valence-electron chi connectivity index (χ2n) is 5.95. The van der Waals surface area contributed by atoms with E-state index in [4.69, 9.17) is 0 Å². The number of hydrogen-bond acceptors (Lipinski definition) is 2. The summed E-state index contributed by atoms with van der Waals surface area (Å²) in [4.78, 5) is 17.0. The van der Waals surface area contributed by atoms with E-state index >= 15 is 0 Å². The summed E-state index contributed by atoms with van der Waals surface area (Å²) in [6, 6.07) is 12.6. The van der Waals surface area contributed by atoms with Gasteiger partial charge in [-0.15, -0.1) is 0 Å². The molecule has 1 aromatic heterocycles. The van der Waals surface area contributed by atoms with Gasteiger partial charge in [0.2, 0.25) is 0 Å². The minimum absolute atomic E-state index is 0.0759. The largest absolute Gasteiger partial charge is 0.416 e. The summed E-state index contributed by atoms with van der Waals surface area (Å²) >= 11 is 0. The molecule has 0 radical (unpaired) electrons. The van der Waals surface area contributed by atoms with Crippen molar-refractivity contribution in [2.24, 2.45) is 0 Å². The van der Waals surface area contributed by atoms with Gasteiger partial charge in [0.25, 0.3) is 5.56 Å². The highest BCUT2D eigenvalue weighted by atomic mass is 19.4. The number of fused-ring (bicyclic) bond motifs is 2. The molecule has 1 aliphatic heterocycles. The minimum atomic E-state index is -4.46. The molecular formula is C19H13F3N2O. The maximum absolute atomic E-state index is 12.9. The van der Waals surface area contributed by atoms with E-state index in [1.807, 2.05) is 36.4 Å². The molecule has 0 spiro atoms. The van der Waals surface area contributed by atoms with E-state index in [0.717, 1.165) is 23.3 Å². The molecule has 1 aliphatic rings. The topological polar surface area (TPSA) is 34.9 Å². The first-order chi connectivity index (χ1) is 11.9. The lowest BCUT2D eigenvalue weighted by molar-refractivity contribution is -0.137. The normalized spacial score (nSPS) is 15.7. The highest BCUT2D eigenvalue weighted by molar-refractivity contribution is 5.85. The van der Waals surface area contributed by atoms with Crippen LogP contribution in [0.4, 0.5) is 13.2 Å². The monoisotopic (exact) mass is 342 g/mol. The summed E-state index contributed by atoms with van der Waals surface area (Å²) < 4.78 is 40.3. The van der Waals surface area contributed by atoms with Crippen LogP contribution in [0.2, 0.25) is 0 Å². The molecular weight excluding hydrogens is 329 g/mol. The molecule has 0 saturated carbocycles. The Morgan fingerprint density at radius 2 is 1.84 bits per heavy atom. The van der Waals surface area contributed by atoms with E-state index < -0.39 is 11.7 Å². The molecule has 0 unspecified atom stereocenters. The number of aromatic nitrogens is 2. The average molecular weight is 342 g/mol. The maximum atomic E-state index is 12.9. The van der Waals surface area contributed by atoms with Crippen molar-refractivity contribution in [1.82, 2.24) is 9.55 Å². The number of hydrogen-bond donors (Lipinski definition) is 0. The highest BCUT2D eigenvalue weighted by Crippen LogP contribution is 2.32. The summed E-state index contributed by atoms with van der Waals surface area (Å²) in [5.74, 6) is 0.445. The van der Waals surface area contributed by atoms with Crippen molar-refractivity contribution < 1.29 is 13.2 Å². The van der Waals surface area contributed by atoms with Crippen molar-refractivity contribution >= 4 is 22.6 Å². The predicted molar refractivity (Wildman–Crippen MR) is 89.9 cm³/mol. The van der Waals surface area contributed by atoms with Crippen LogP contribution in [0.5, 0.6) is 0 Å². The zero-order chi connectivity index (χ0) is 17.6. The van der Waals surface area contributed by atoms with E-state index in [0.29, 0.717) is 18.8 Å². The molecule has 6 heteroatoms. The Morgan fingerprint density at radius 1 is 1.08 bits per heavy atom. The Kier molecular flexibility index (Phi) is 3.49. The Hall–Kier alpha value is -2.89. The fourth-order valence-corrected chi connectivity index (χ4v) is 3.08. The molecule has 0 bridgehead atoms. The number of rotatable bonds is 1. The van der Waals surface area contributed by atoms with Crippen LogP contribution in [-0.2, 0) is 12.7 Å². The number of allylic oxidation sites excluding steroid dienone is 1. The van der Waals surface area contributed by atoms with Crippen molar-refractivity contribution in [3.8, 4) is 0 Å². The summed E-state index contributed by atoms with van der Waals surface area (Å²) in [5.41, 5.74) is 0.785. The van der Waals surface area contributed by atoms with Gasteiger partial charge in [0.15, 0.2) is 0 Å². The van der Waals surface area contributed by atoms with Crippen LogP contribution in [0.3, 0.4) is 0 Å². The van der Waals surface area contributed by atoms with Gasteiger partial charge in [-0.3, -0.25) is 9.36 Å². The van der Waals surface area contributed by atoms with Gasteiger partial charge in [-0.25, -0.2) is 4.98 Å². The first-order valence-electron chi connectivity index (χ1n) is 7.81. The number of nitrogens with zero attached hydrogens (tertiary/aromatic N) is 2. The van der Waals surface area contributed by atoms with Crippen molar-refractivity contribution in [3.63, 3.8) is 0 Å². The second-order valence-corrected chi connectivity index (χ2v) is 5.95. The molecule has 0 fully saturated rings. The zero-order valence-electron chi connectivity index (χ0n) is 13.0. The van der Waals surface area contributed by atoms with E-state index in [1.54, 1.807) is 0 Å². The van der Waals surface area contributed by atoms with Gasteiger partial charge >= 0.3 is 6.18 Å². The Balaban J connectivity index is 1.90. The van der Waals surface area contributed by atoms with Crippen LogP contribution in [0, 0.1) is 0 Å². The highest BCUT2D eigenvalue weighted by Gasteiger charge is 2.31.